The number of piperidine rings is 1. The SMILES string of the molecule is N#Cc1cccc([C@H]2CCCN(C[C@H]3COc4ccccc4O3)C2)c1. The lowest BCUT2D eigenvalue weighted by Crippen LogP contribution is -2.44. The van der Waals surface area contributed by atoms with Crippen LogP contribution in [0.5, 0.6) is 11.5 Å². The molecule has 0 unspecified atom stereocenters. The average Bonchev–Trinajstić information content (AvgIpc) is 2.68. The molecule has 0 bridgehead atoms. The Morgan fingerprint density at radius 2 is 2.00 bits per heavy atom. The summed E-state index contributed by atoms with van der Waals surface area (Å²) in [6.45, 7) is 3.58. The van der Waals surface area contributed by atoms with E-state index in [9.17, 15) is 0 Å². The first-order chi connectivity index (χ1) is 12.3. The molecule has 2 heterocycles. The first-order valence-electron chi connectivity index (χ1n) is 8.93. The Morgan fingerprint density at radius 1 is 1.12 bits per heavy atom. The van der Waals surface area contributed by atoms with Crippen molar-refractivity contribution in [3.63, 3.8) is 0 Å². The Morgan fingerprint density at radius 3 is 2.88 bits per heavy atom. The van der Waals surface area contributed by atoms with Crippen molar-refractivity contribution in [1.29, 1.82) is 5.26 Å². The Labute approximate surface area is 148 Å². The molecule has 25 heavy (non-hydrogen) atoms. The fraction of sp³-hybridized carbons (Fsp3) is 0.381. The third-order valence-electron chi connectivity index (χ3n) is 5.02. The molecular formula is C21H22N2O2. The minimum absolute atomic E-state index is 0.0686. The van der Waals surface area contributed by atoms with E-state index in [0.717, 1.165) is 36.7 Å². The number of fused-ring (bicyclic) bond motifs is 1. The average molecular weight is 334 g/mol. The van der Waals surface area contributed by atoms with E-state index in [0.29, 0.717) is 12.5 Å². The highest BCUT2D eigenvalue weighted by Crippen LogP contribution is 2.32. The molecule has 2 aromatic carbocycles. The van der Waals surface area contributed by atoms with E-state index in [1.807, 2.05) is 42.5 Å². The van der Waals surface area contributed by atoms with Crippen LogP contribution in [0.15, 0.2) is 48.5 Å². The van der Waals surface area contributed by atoms with Gasteiger partial charge in [-0.3, -0.25) is 4.90 Å². The third kappa shape index (κ3) is 3.62. The minimum Gasteiger partial charge on any atom is -0.486 e. The number of rotatable bonds is 3. The zero-order chi connectivity index (χ0) is 17.1. The molecule has 0 saturated carbocycles. The van der Waals surface area contributed by atoms with Crippen molar-refractivity contribution in [3.05, 3.63) is 59.7 Å². The number of likely N-dealkylation sites (tertiary alicyclic amines) is 1. The summed E-state index contributed by atoms with van der Waals surface area (Å²) in [5, 5.41) is 9.12. The van der Waals surface area contributed by atoms with Crippen LogP contribution in [0.2, 0.25) is 0 Å². The second-order valence-electron chi connectivity index (χ2n) is 6.83. The summed E-state index contributed by atoms with van der Waals surface area (Å²) in [5.41, 5.74) is 2.02. The second-order valence-corrected chi connectivity index (χ2v) is 6.83. The van der Waals surface area contributed by atoms with E-state index in [2.05, 4.69) is 17.0 Å². The summed E-state index contributed by atoms with van der Waals surface area (Å²) in [6, 6.07) is 18.1. The molecule has 4 nitrogen and oxygen atoms in total. The molecule has 0 aliphatic carbocycles. The van der Waals surface area contributed by atoms with Crippen molar-refractivity contribution in [3.8, 4) is 17.6 Å². The predicted octanol–water partition coefficient (Wildman–Crippen LogP) is 3.58. The quantitative estimate of drug-likeness (QED) is 0.861. The van der Waals surface area contributed by atoms with E-state index < -0.39 is 0 Å². The standard InChI is InChI=1S/C21H22N2O2/c22-12-16-5-3-6-17(11-16)18-7-4-10-23(13-18)14-19-15-24-20-8-1-2-9-21(20)25-19/h1-3,5-6,8-9,11,18-19H,4,7,10,13-15H2/t18-,19-/m0/s1. The maximum atomic E-state index is 9.12. The molecule has 0 amide bonds. The number of ether oxygens (including phenoxy) is 2. The molecule has 2 aromatic rings. The van der Waals surface area contributed by atoms with Crippen molar-refractivity contribution in [2.75, 3.05) is 26.2 Å². The smallest absolute Gasteiger partial charge is 0.161 e. The maximum Gasteiger partial charge on any atom is 0.161 e. The van der Waals surface area contributed by atoms with Gasteiger partial charge in [-0.25, -0.2) is 0 Å². The lowest BCUT2D eigenvalue weighted by Gasteiger charge is -2.36. The first-order valence-corrected chi connectivity index (χ1v) is 8.93. The van der Waals surface area contributed by atoms with Crippen molar-refractivity contribution >= 4 is 0 Å². The molecular weight excluding hydrogens is 312 g/mol. The molecule has 128 valence electrons. The number of benzene rings is 2. The van der Waals surface area contributed by atoms with Gasteiger partial charge in [0.1, 0.15) is 12.7 Å². The summed E-state index contributed by atoms with van der Waals surface area (Å²) in [4.78, 5) is 2.47. The zero-order valence-corrected chi connectivity index (χ0v) is 14.2. The Hall–Kier alpha value is -2.51. The van der Waals surface area contributed by atoms with Crippen LogP contribution in [0.4, 0.5) is 0 Å². The highest BCUT2D eigenvalue weighted by atomic mass is 16.6. The summed E-state index contributed by atoms with van der Waals surface area (Å²) >= 11 is 0. The highest BCUT2D eigenvalue weighted by molar-refractivity contribution is 5.40. The molecule has 0 aromatic heterocycles. The van der Waals surface area contributed by atoms with E-state index in [1.165, 1.54) is 18.4 Å². The van der Waals surface area contributed by atoms with Gasteiger partial charge in [-0.05, 0) is 55.1 Å². The van der Waals surface area contributed by atoms with Crippen molar-refractivity contribution < 1.29 is 9.47 Å². The van der Waals surface area contributed by atoms with Crippen LogP contribution in [-0.2, 0) is 0 Å². The van der Waals surface area contributed by atoms with Gasteiger partial charge in [-0.15, -0.1) is 0 Å². The predicted molar refractivity (Wildman–Crippen MR) is 95.9 cm³/mol. The third-order valence-corrected chi connectivity index (χ3v) is 5.02. The molecule has 0 N–H and O–H groups in total. The number of para-hydroxylation sites is 2. The Kier molecular flexibility index (Phi) is 4.58. The lowest BCUT2D eigenvalue weighted by molar-refractivity contribution is 0.0505. The minimum atomic E-state index is 0.0686. The number of hydrogen-bond donors (Lipinski definition) is 0. The molecule has 0 radical (unpaired) electrons. The van der Waals surface area contributed by atoms with Gasteiger partial charge in [0.15, 0.2) is 11.5 Å². The van der Waals surface area contributed by atoms with E-state index in [-0.39, 0.29) is 6.10 Å². The second kappa shape index (κ2) is 7.16. The highest BCUT2D eigenvalue weighted by Gasteiger charge is 2.27. The molecule has 2 atom stereocenters. The summed E-state index contributed by atoms with van der Waals surface area (Å²) in [7, 11) is 0. The van der Waals surface area contributed by atoms with Crippen LogP contribution in [0.25, 0.3) is 0 Å². The first kappa shape index (κ1) is 16.0. The van der Waals surface area contributed by atoms with Crippen LogP contribution < -0.4 is 9.47 Å². The van der Waals surface area contributed by atoms with E-state index in [1.54, 1.807) is 0 Å². The van der Waals surface area contributed by atoms with Gasteiger partial charge in [-0.2, -0.15) is 5.26 Å². The van der Waals surface area contributed by atoms with Crippen LogP contribution >= 0.6 is 0 Å². The normalized spacial score (nSPS) is 23.0. The van der Waals surface area contributed by atoms with Gasteiger partial charge < -0.3 is 9.47 Å². The zero-order valence-electron chi connectivity index (χ0n) is 14.2. The number of nitriles is 1. The molecule has 0 spiro atoms. The monoisotopic (exact) mass is 334 g/mol. The van der Waals surface area contributed by atoms with Crippen LogP contribution in [0.1, 0.15) is 29.9 Å². The molecule has 1 saturated heterocycles. The van der Waals surface area contributed by atoms with Gasteiger partial charge in [0.2, 0.25) is 0 Å². The van der Waals surface area contributed by atoms with Crippen LogP contribution in [0, 0.1) is 11.3 Å². The fourth-order valence-electron chi connectivity index (χ4n) is 3.80. The van der Waals surface area contributed by atoms with Crippen molar-refractivity contribution in [2.45, 2.75) is 24.9 Å². The van der Waals surface area contributed by atoms with E-state index in [4.69, 9.17) is 14.7 Å². The fourth-order valence-corrected chi connectivity index (χ4v) is 3.80. The van der Waals surface area contributed by atoms with Crippen LogP contribution in [-0.4, -0.2) is 37.2 Å². The largest absolute Gasteiger partial charge is 0.486 e. The maximum absolute atomic E-state index is 9.12. The van der Waals surface area contributed by atoms with E-state index >= 15 is 0 Å². The molecule has 2 aliphatic rings. The van der Waals surface area contributed by atoms with Crippen molar-refractivity contribution in [1.82, 2.24) is 4.90 Å². The lowest BCUT2D eigenvalue weighted by atomic mass is 9.89. The topological polar surface area (TPSA) is 45.5 Å². The van der Waals surface area contributed by atoms with Gasteiger partial charge in [0.05, 0.1) is 11.6 Å². The van der Waals surface area contributed by atoms with Crippen LogP contribution in [0.3, 0.4) is 0 Å². The summed E-state index contributed by atoms with van der Waals surface area (Å²) in [6.07, 6.45) is 2.42. The van der Waals surface area contributed by atoms with Gasteiger partial charge in [0, 0.05) is 13.1 Å². The van der Waals surface area contributed by atoms with Crippen molar-refractivity contribution in [2.24, 2.45) is 0 Å². The Balaban J connectivity index is 1.40. The Bertz CT molecular complexity index is 783. The summed E-state index contributed by atoms with van der Waals surface area (Å²) < 4.78 is 11.9. The van der Waals surface area contributed by atoms with Gasteiger partial charge in [-0.1, -0.05) is 24.3 Å². The molecule has 4 heteroatoms. The number of hydrogen-bond acceptors (Lipinski definition) is 4. The van der Waals surface area contributed by atoms with Gasteiger partial charge in [0.25, 0.3) is 0 Å². The summed E-state index contributed by atoms with van der Waals surface area (Å²) in [5.74, 6) is 2.16. The number of nitrogens with zero attached hydrogens (tertiary/aromatic N) is 2. The van der Waals surface area contributed by atoms with Gasteiger partial charge >= 0.3 is 0 Å². The molecule has 4 rings (SSSR count). The molecule has 1 fully saturated rings. The molecule has 2 aliphatic heterocycles.